The molecule has 0 radical (unpaired) electrons. The third-order valence-corrected chi connectivity index (χ3v) is 12.1. The normalized spacial score (nSPS) is 14.1. The average molecular weight is 927 g/mol. The first-order chi connectivity index (χ1) is 35.3. The molecule has 332 valence electrons. The molecule has 0 N–H and O–H groups in total. The monoisotopic (exact) mass is 926 g/mol. The van der Waals surface area contributed by atoms with Crippen molar-refractivity contribution < 1.29 is 8.78 Å². The molecule has 0 saturated carbocycles. The van der Waals surface area contributed by atoms with E-state index in [9.17, 15) is 31.6 Å². The molecule has 0 bridgehead atoms. The van der Waals surface area contributed by atoms with E-state index in [-0.39, 0.29) is 89.6 Å². The lowest BCUT2D eigenvalue weighted by molar-refractivity contribution is 0.623. The summed E-state index contributed by atoms with van der Waals surface area (Å²) in [6.45, 7) is 0. The summed E-state index contributed by atoms with van der Waals surface area (Å²) < 4.78 is 31.6. The molecular formula is C60H28F2N10. The second-order valence-electron chi connectivity index (χ2n) is 16.2. The molecule has 2 aliphatic rings. The Kier molecular flexibility index (Phi) is 11.8. The molecule has 2 aromatic heterocycles. The molecule has 6 aromatic carbocycles. The van der Waals surface area contributed by atoms with E-state index < -0.39 is 11.6 Å². The van der Waals surface area contributed by atoms with Crippen molar-refractivity contribution >= 4 is 22.3 Å². The number of halogens is 2. The minimum atomic E-state index is -0.937. The summed E-state index contributed by atoms with van der Waals surface area (Å²) in [6.07, 6.45) is 0. The number of nitrogens with zero attached hydrogens (tertiary/aromatic N) is 10. The maximum Gasteiger partial charge on any atom is 0.162 e. The van der Waals surface area contributed by atoms with Gasteiger partial charge in [0.25, 0.3) is 0 Å². The van der Waals surface area contributed by atoms with E-state index in [1.165, 1.54) is 24.3 Å². The standard InChI is InChI=1S/C60H28F2N10/c61-47-25-39(21-23-41(47)29-63)43(31-65)53-56-46(34-68)58(60-71-51(37-17-9-3-10-18-37)28-52(72-60)38-19-11-4-12-20-38)54(44(32-66)40-22-24-42(30-64)48(62)26-40)55(56)45(33-67)57(53)59-69-49(35-13-5-1-6-14-35)27-50(70-59)36-15-7-2-8-16-36/h1-28H/b53-43+,54-44+. The maximum atomic E-state index is 15.8. The van der Waals surface area contributed by atoms with Gasteiger partial charge in [-0.2, -0.15) is 31.6 Å². The van der Waals surface area contributed by atoms with E-state index in [4.69, 9.17) is 19.9 Å². The quantitative estimate of drug-likeness (QED) is 0.132. The molecule has 0 atom stereocenters. The number of benzene rings is 6. The van der Waals surface area contributed by atoms with Crippen LogP contribution >= 0.6 is 0 Å². The highest BCUT2D eigenvalue weighted by atomic mass is 19.1. The van der Waals surface area contributed by atoms with Gasteiger partial charge in [0.05, 0.1) is 56.2 Å². The largest absolute Gasteiger partial charge is 0.228 e. The van der Waals surface area contributed by atoms with Crippen LogP contribution in [0.25, 0.3) is 67.3 Å². The summed E-state index contributed by atoms with van der Waals surface area (Å²) in [4.78, 5) is 20.2. The number of allylic oxidation sites excluding steroid dienone is 10. The van der Waals surface area contributed by atoms with Crippen LogP contribution in [0.5, 0.6) is 0 Å². The highest BCUT2D eigenvalue weighted by molar-refractivity contribution is 6.16. The van der Waals surface area contributed by atoms with Gasteiger partial charge in [0, 0.05) is 55.7 Å². The van der Waals surface area contributed by atoms with Crippen LogP contribution in [-0.4, -0.2) is 19.9 Å². The first-order valence-corrected chi connectivity index (χ1v) is 22.0. The number of hydrogen-bond acceptors (Lipinski definition) is 10. The van der Waals surface area contributed by atoms with Crippen LogP contribution in [0.2, 0.25) is 0 Å². The van der Waals surface area contributed by atoms with Crippen LogP contribution in [0.1, 0.15) is 33.9 Å². The predicted molar refractivity (Wildman–Crippen MR) is 265 cm³/mol. The Morgan fingerprint density at radius 1 is 0.347 bits per heavy atom. The van der Waals surface area contributed by atoms with Crippen molar-refractivity contribution in [3.63, 3.8) is 0 Å². The zero-order valence-corrected chi connectivity index (χ0v) is 37.4. The maximum absolute atomic E-state index is 15.8. The van der Waals surface area contributed by atoms with Gasteiger partial charge >= 0.3 is 0 Å². The molecule has 0 unspecified atom stereocenters. The molecule has 2 heterocycles. The van der Waals surface area contributed by atoms with Crippen LogP contribution in [0.3, 0.4) is 0 Å². The molecule has 10 rings (SSSR count). The Morgan fingerprint density at radius 2 is 0.653 bits per heavy atom. The number of nitriles is 6. The number of hydrogen-bond donors (Lipinski definition) is 0. The minimum Gasteiger partial charge on any atom is -0.228 e. The Hall–Kier alpha value is -11.0. The van der Waals surface area contributed by atoms with Gasteiger partial charge in [-0.15, -0.1) is 0 Å². The number of aromatic nitrogens is 4. The fourth-order valence-corrected chi connectivity index (χ4v) is 8.87. The van der Waals surface area contributed by atoms with Crippen molar-refractivity contribution in [3.05, 3.63) is 249 Å². The Bertz CT molecular complexity index is 3660. The second kappa shape index (κ2) is 18.9. The Morgan fingerprint density at radius 3 is 0.903 bits per heavy atom. The fraction of sp³-hybridized carbons (Fsp3) is 0. The van der Waals surface area contributed by atoms with E-state index in [1.807, 2.05) is 121 Å². The third kappa shape index (κ3) is 7.84. The molecule has 0 spiro atoms. The minimum absolute atomic E-state index is 0.0188. The van der Waals surface area contributed by atoms with Crippen LogP contribution in [0.4, 0.5) is 8.78 Å². The molecule has 0 saturated heterocycles. The topological polar surface area (TPSA) is 194 Å². The van der Waals surface area contributed by atoms with Crippen molar-refractivity contribution in [3.8, 4) is 81.4 Å². The van der Waals surface area contributed by atoms with Gasteiger partial charge in [-0.3, -0.25) is 0 Å². The van der Waals surface area contributed by atoms with E-state index >= 15 is 8.78 Å². The first-order valence-electron chi connectivity index (χ1n) is 22.0. The summed E-state index contributed by atoms with van der Waals surface area (Å²) in [5.74, 6) is -2.00. The van der Waals surface area contributed by atoms with Crippen molar-refractivity contribution in [2.24, 2.45) is 0 Å². The summed E-state index contributed by atoms with van der Waals surface area (Å²) >= 11 is 0. The lowest BCUT2D eigenvalue weighted by Crippen LogP contribution is -2.07. The smallest absolute Gasteiger partial charge is 0.162 e. The van der Waals surface area contributed by atoms with Gasteiger partial charge in [-0.05, 0) is 47.5 Å². The SMILES string of the molecule is N#CC1=C(c2nc(-c3ccccc3)cc(-c3ccccc3)n2)/C(=C(\C#N)c2ccc(C#N)c(F)c2)C2=C1/C(=C(/C#N)c1ccc(C#N)c(F)c1)C(c1nc(-c3ccccc3)cc(-c3ccccc3)n1)=C2C#N. The van der Waals surface area contributed by atoms with Crippen LogP contribution in [0, 0.1) is 79.6 Å². The van der Waals surface area contributed by atoms with E-state index in [0.29, 0.717) is 45.0 Å². The molecule has 12 heteroatoms. The van der Waals surface area contributed by atoms with E-state index in [2.05, 4.69) is 24.3 Å². The zero-order chi connectivity index (χ0) is 49.9. The van der Waals surface area contributed by atoms with Crippen molar-refractivity contribution in [1.82, 2.24) is 19.9 Å². The molecule has 0 amide bonds. The lowest BCUT2D eigenvalue weighted by Gasteiger charge is -2.18. The van der Waals surface area contributed by atoms with Crippen LogP contribution in [0.15, 0.2) is 203 Å². The summed E-state index contributed by atoms with van der Waals surface area (Å²) in [5.41, 5.74) is 2.70. The lowest BCUT2D eigenvalue weighted by atomic mass is 9.86. The van der Waals surface area contributed by atoms with Gasteiger partial charge in [0.15, 0.2) is 11.6 Å². The summed E-state index contributed by atoms with van der Waals surface area (Å²) in [7, 11) is 0. The average Bonchev–Trinajstić information content (AvgIpc) is 3.94. The van der Waals surface area contributed by atoms with Crippen LogP contribution < -0.4 is 0 Å². The van der Waals surface area contributed by atoms with Gasteiger partial charge in [-0.25, -0.2) is 28.7 Å². The van der Waals surface area contributed by atoms with Crippen molar-refractivity contribution in [1.29, 1.82) is 31.6 Å². The zero-order valence-electron chi connectivity index (χ0n) is 37.4. The van der Waals surface area contributed by atoms with Gasteiger partial charge in [0.2, 0.25) is 0 Å². The van der Waals surface area contributed by atoms with E-state index in [1.54, 1.807) is 24.3 Å². The molecule has 8 aromatic rings. The third-order valence-electron chi connectivity index (χ3n) is 12.1. The highest BCUT2D eigenvalue weighted by Crippen LogP contribution is 2.59. The molecule has 2 aliphatic carbocycles. The fourth-order valence-electron chi connectivity index (χ4n) is 8.87. The second-order valence-corrected chi connectivity index (χ2v) is 16.2. The molecule has 10 nitrogen and oxygen atoms in total. The Balaban J connectivity index is 1.38. The molecule has 0 aliphatic heterocycles. The summed E-state index contributed by atoms with van der Waals surface area (Å²) in [6, 6.07) is 60.3. The van der Waals surface area contributed by atoms with Crippen molar-refractivity contribution in [2.45, 2.75) is 0 Å². The number of rotatable bonds is 8. The predicted octanol–water partition coefficient (Wildman–Crippen LogP) is 12.5. The Labute approximate surface area is 411 Å². The van der Waals surface area contributed by atoms with Gasteiger partial charge in [-0.1, -0.05) is 133 Å². The molecular weight excluding hydrogens is 899 g/mol. The highest BCUT2D eigenvalue weighted by Gasteiger charge is 2.46. The molecule has 0 fully saturated rings. The van der Waals surface area contributed by atoms with E-state index in [0.717, 1.165) is 12.1 Å². The van der Waals surface area contributed by atoms with Gasteiger partial charge < -0.3 is 0 Å². The summed E-state index contributed by atoms with van der Waals surface area (Å²) in [5, 5.41) is 65.6. The first kappa shape index (κ1) is 44.8. The van der Waals surface area contributed by atoms with Crippen molar-refractivity contribution in [2.75, 3.05) is 0 Å². The van der Waals surface area contributed by atoms with Crippen LogP contribution in [-0.2, 0) is 0 Å². The molecule has 72 heavy (non-hydrogen) atoms. The van der Waals surface area contributed by atoms with Gasteiger partial charge in [0.1, 0.15) is 48.0 Å².